The zero-order chi connectivity index (χ0) is 17.1. The summed E-state index contributed by atoms with van der Waals surface area (Å²) in [5.74, 6) is -0.299. The van der Waals surface area contributed by atoms with Gasteiger partial charge in [0.1, 0.15) is 5.76 Å². The van der Waals surface area contributed by atoms with Gasteiger partial charge in [-0.2, -0.15) is 0 Å². The summed E-state index contributed by atoms with van der Waals surface area (Å²) in [5.41, 5.74) is 1.53. The van der Waals surface area contributed by atoms with Gasteiger partial charge in [0.15, 0.2) is 11.9 Å². The molecule has 0 spiro atoms. The molecule has 1 N–H and O–H groups in total. The van der Waals surface area contributed by atoms with Crippen molar-refractivity contribution in [2.24, 2.45) is 0 Å². The molecule has 0 aliphatic carbocycles. The largest absolute Gasteiger partial charge is 0.449 e. The predicted molar refractivity (Wildman–Crippen MR) is 84.3 cm³/mol. The number of hydrogen-bond donors (Lipinski definition) is 1. The van der Waals surface area contributed by atoms with Crippen LogP contribution >= 0.6 is 0 Å². The molecule has 0 bridgehead atoms. The smallest absolute Gasteiger partial charge is 0.338 e. The SMILES string of the molecule is Cc1cc(NC(=O)C(C)OC(=O)c2ccc3nccnc3c2)no1. The van der Waals surface area contributed by atoms with Crippen LogP contribution in [-0.2, 0) is 9.53 Å². The Labute approximate surface area is 136 Å². The van der Waals surface area contributed by atoms with E-state index in [9.17, 15) is 9.59 Å². The highest BCUT2D eigenvalue weighted by atomic mass is 16.5. The number of aromatic nitrogens is 3. The predicted octanol–water partition coefficient (Wildman–Crippen LogP) is 2.11. The summed E-state index contributed by atoms with van der Waals surface area (Å²) < 4.78 is 10.0. The van der Waals surface area contributed by atoms with Crippen molar-refractivity contribution >= 4 is 28.7 Å². The average molecular weight is 326 g/mol. The molecule has 0 saturated heterocycles. The molecule has 1 atom stereocenters. The Bertz CT molecular complexity index is 906. The van der Waals surface area contributed by atoms with Crippen LogP contribution in [0.3, 0.4) is 0 Å². The lowest BCUT2D eigenvalue weighted by Crippen LogP contribution is -2.30. The second-order valence-electron chi connectivity index (χ2n) is 5.12. The van der Waals surface area contributed by atoms with E-state index in [1.54, 1.807) is 37.4 Å². The van der Waals surface area contributed by atoms with Crippen LogP contribution < -0.4 is 5.32 Å². The second-order valence-corrected chi connectivity index (χ2v) is 5.12. The minimum atomic E-state index is -0.993. The molecule has 3 rings (SSSR count). The number of amides is 1. The fourth-order valence-electron chi connectivity index (χ4n) is 2.03. The molecule has 8 nitrogen and oxygen atoms in total. The topological polar surface area (TPSA) is 107 Å². The first kappa shape index (κ1) is 15.6. The van der Waals surface area contributed by atoms with Crippen molar-refractivity contribution in [2.45, 2.75) is 20.0 Å². The molecule has 8 heteroatoms. The zero-order valence-corrected chi connectivity index (χ0v) is 13.0. The van der Waals surface area contributed by atoms with Crippen LogP contribution in [0.1, 0.15) is 23.0 Å². The van der Waals surface area contributed by atoms with Crippen LogP contribution in [0.4, 0.5) is 5.82 Å². The Morgan fingerprint density at radius 1 is 1.17 bits per heavy atom. The monoisotopic (exact) mass is 326 g/mol. The Hall–Kier alpha value is -3.29. The number of ether oxygens (including phenoxy) is 1. The third-order valence-electron chi connectivity index (χ3n) is 3.24. The van der Waals surface area contributed by atoms with Gasteiger partial charge in [-0.25, -0.2) is 4.79 Å². The average Bonchev–Trinajstić information content (AvgIpc) is 2.99. The van der Waals surface area contributed by atoms with Gasteiger partial charge < -0.3 is 14.6 Å². The summed E-state index contributed by atoms with van der Waals surface area (Å²) in [6, 6.07) is 6.37. The number of benzene rings is 1. The standard InChI is InChI=1S/C16H14N4O4/c1-9-7-14(20-24-9)19-15(21)10(2)23-16(22)11-3-4-12-13(8-11)18-6-5-17-12/h3-8,10H,1-2H3,(H,19,20,21). The highest BCUT2D eigenvalue weighted by Crippen LogP contribution is 2.13. The number of carbonyl (C=O) groups excluding carboxylic acids is 2. The van der Waals surface area contributed by atoms with Crippen LogP contribution in [0.2, 0.25) is 0 Å². The Morgan fingerprint density at radius 3 is 2.62 bits per heavy atom. The lowest BCUT2D eigenvalue weighted by Gasteiger charge is -2.12. The molecule has 0 radical (unpaired) electrons. The van der Waals surface area contributed by atoms with E-state index in [1.165, 1.54) is 13.1 Å². The molecule has 2 aromatic heterocycles. The van der Waals surface area contributed by atoms with Crippen molar-refractivity contribution in [3.05, 3.63) is 48.0 Å². The molecule has 2 heterocycles. The van der Waals surface area contributed by atoms with Gasteiger partial charge in [-0.3, -0.25) is 14.8 Å². The summed E-state index contributed by atoms with van der Waals surface area (Å²) in [4.78, 5) is 32.4. The van der Waals surface area contributed by atoms with E-state index in [0.29, 0.717) is 22.4 Å². The first-order valence-electron chi connectivity index (χ1n) is 7.19. The van der Waals surface area contributed by atoms with Gasteiger partial charge in [0.25, 0.3) is 5.91 Å². The third kappa shape index (κ3) is 3.37. The van der Waals surface area contributed by atoms with Crippen LogP contribution in [0, 0.1) is 6.92 Å². The maximum absolute atomic E-state index is 12.2. The molecular weight excluding hydrogens is 312 g/mol. The molecule has 1 amide bonds. The molecule has 0 aliphatic heterocycles. The normalized spacial score (nSPS) is 11.9. The van der Waals surface area contributed by atoms with Crippen LogP contribution in [0.15, 0.2) is 41.2 Å². The van der Waals surface area contributed by atoms with Crippen molar-refractivity contribution in [1.82, 2.24) is 15.1 Å². The van der Waals surface area contributed by atoms with Gasteiger partial charge in [-0.1, -0.05) is 5.16 Å². The minimum absolute atomic E-state index is 0.265. The van der Waals surface area contributed by atoms with E-state index in [0.717, 1.165) is 0 Å². The van der Waals surface area contributed by atoms with Gasteiger partial charge in [0, 0.05) is 18.5 Å². The zero-order valence-electron chi connectivity index (χ0n) is 13.0. The van der Waals surface area contributed by atoms with Gasteiger partial charge in [0.05, 0.1) is 16.6 Å². The number of anilines is 1. The Balaban J connectivity index is 1.67. The van der Waals surface area contributed by atoms with E-state index in [-0.39, 0.29) is 5.82 Å². The first-order valence-corrected chi connectivity index (χ1v) is 7.19. The second kappa shape index (κ2) is 6.45. The van der Waals surface area contributed by atoms with E-state index < -0.39 is 18.0 Å². The fourth-order valence-corrected chi connectivity index (χ4v) is 2.03. The number of esters is 1. The number of nitrogens with one attached hydrogen (secondary N) is 1. The van der Waals surface area contributed by atoms with Gasteiger partial charge in [-0.15, -0.1) is 0 Å². The molecule has 0 fully saturated rings. The summed E-state index contributed by atoms with van der Waals surface area (Å²) in [7, 11) is 0. The maximum Gasteiger partial charge on any atom is 0.338 e. The lowest BCUT2D eigenvalue weighted by atomic mass is 10.2. The highest BCUT2D eigenvalue weighted by molar-refractivity contribution is 5.98. The number of fused-ring (bicyclic) bond motifs is 1. The number of nitrogens with zero attached hydrogens (tertiary/aromatic N) is 3. The molecular formula is C16H14N4O4. The van der Waals surface area contributed by atoms with Crippen molar-refractivity contribution < 1.29 is 18.8 Å². The van der Waals surface area contributed by atoms with Gasteiger partial charge in [0.2, 0.25) is 0 Å². The molecule has 1 unspecified atom stereocenters. The molecule has 0 aliphatic rings. The van der Waals surface area contributed by atoms with Crippen molar-refractivity contribution in [3.63, 3.8) is 0 Å². The van der Waals surface area contributed by atoms with Crippen LogP contribution in [-0.4, -0.2) is 33.1 Å². The summed E-state index contributed by atoms with van der Waals surface area (Å²) in [5, 5.41) is 6.15. The maximum atomic E-state index is 12.2. The fraction of sp³-hybridized carbons (Fsp3) is 0.188. The van der Waals surface area contributed by atoms with E-state index in [2.05, 4.69) is 20.4 Å². The molecule has 122 valence electrons. The van der Waals surface area contributed by atoms with E-state index in [1.807, 2.05) is 0 Å². The summed E-state index contributed by atoms with van der Waals surface area (Å²) >= 11 is 0. The number of rotatable bonds is 4. The quantitative estimate of drug-likeness (QED) is 0.732. The molecule has 0 saturated carbocycles. The van der Waals surface area contributed by atoms with Crippen LogP contribution in [0.25, 0.3) is 11.0 Å². The number of carbonyl (C=O) groups is 2. The Kier molecular flexibility index (Phi) is 4.19. The van der Waals surface area contributed by atoms with Crippen molar-refractivity contribution in [1.29, 1.82) is 0 Å². The highest BCUT2D eigenvalue weighted by Gasteiger charge is 2.20. The minimum Gasteiger partial charge on any atom is -0.449 e. The van der Waals surface area contributed by atoms with E-state index in [4.69, 9.17) is 9.26 Å². The van der Waals surface area contributed by atoms with Crippen LogP contribution in [0.5, 0.6) is 0 Å². The third-order valence-corrected chi connectivity index (χ3v) is 3.24. The van der Waals surface area contributed by atoms with Crippen molar-refractivity contribution in [2.75, 3.05) is 5.32 Å². The van der Waals surface area contributed by atoms with Crippen molar-refractivity contribution in [3.8, 4) is 0 Å². The lowest BCUT2D eigenvalue weighted by molar-refractivity contribution is -0.123. The van der Waals surface area contributed by atoms with Gasteiger partial charge in [-0.05, 0) is 32.0 Å². The summed E-state index contributed by atoms with van der Waals surface area (Å²) in [6.07, 6.45) is 2.11. The van der Waals surface area contributed by atoms with Gasteiger partial charge >= 0.3 is 5.97 Å². The molecule has 3 aromatic rings. The number of aryl methyl sites for hydroxylation is 1. The number of hydrogen-bond acceptors (Lipinski definition) is 7. The molecule has 24 heavy (non-hydrogen) atoms. The summed E-state index contributed by atoms with van der Waals surface area (Å²) in [6.45, 7) is 3.18. The van der Waals surface area contributed by atoms with E-state index >= 15 is 0 Å². The Morgan fingerprint density at radius 2 is 1.92 bits per heavy atom. The first-order chi connectivity index (χ1) is 11.5. The molecule has 1 aromatic carbocycles.